The number of methoxy groups -OCH3 is 1. The summed E-state index contributed by atoms with van der Waals surface area (Å²) in [5.41, 5.74) is 0.0866. The average molecular weight is 239 g/mol. The summed E-state index contributed by atoms with van der Waals surface area (Å²) in [5.74, 6) is -1.73. The van der Waals surface area contributed by atoms with Crippen LogP contribution in [0.3, 0.4) is 0 Å². The first-order chi connectivity index (χ1) is 6.06. The van der Waals surface area contributed by atoms with Crippen LogP contribution in [0, 0.1) is 0 Å². The van der Waals surface area contributed by atoms with Crippen molar-refractivity contribution in [2.45, 2.75) is 0 Å². The Balaban J connectivity index is 3.01. The van der Waals surface area contributed by atoms with Gasteiger partial charge in [-0.15, -0.1) is 11.3 Å². The number of carbonyl (C=O) groups is 2. The normalized spacial score (nSPS) is 9.77. The second-order valence-corrected chi connectivity index (χ2v) is 4.34. The van der Waals surface area contributed by atoms with Gasteiger partial charge in [0.05, 0.1) is 17.0 Å². The van der Waals surface area contributed by atoms with Gasteiger partial charge in [-0.3, -0.25) is 4.79 Å². The minimum Gasteiger partial charge on any atom is -0.463 e. The number of halogens is 2. The number of hydrogen-bond acceptors (Lipinski definition) is 4. The predicted molar refractivity (Wildman–Crippen MR) is 50.7 cm³/mol. The summed E-state index contributed by atoms with van der Waals surface area (Å²) < 4.78 is 4.80. The van der Waals surface area contributed by atoms with Crippen molar-refractivity contribution in [3.8, 4) is 0 Å². The van der Waals surface area contributed by atoms with Gasteiger partial charge in [0.1, 0.15) is 4.34 Å². The maximum absolute atomic E-state index is 11.2. The fourth-order valence-corrected chi connectivity index (χ4v) is 2.16. The number of ether oxygens (including phenoxy) is 1. The van der Waals surface area contributed by atoms with Crippen LogP contribution < -0.4 is 0 Å². The van der Waals surface area contributed by atoms with E-state index in [2.05, 4.69) is 4.74 Å². The number of rotatable bonds is 2. The predicted octanol–water partition coefficient (Wildman–Crippen LogP) is 2.41. The van der Waals surface area contributed by atoms with E-state index in [-0.39, 0.29) is 9.90 Å². The summed E-state index contributed by atoms with van der Waals surface area (Å²) in [6.07, 6.45) is 0. The molecule has 0 bridgehead atoms. The van der Waals surface area contributed by atoms with E-state index < -0.39 is 11.8 Å². The molecule has 0 spiro atoms. The molecule has 70 valence electrons. The molecule has 0 radical (unpaired) electrons. The van der Waals surface area contributed by atoms with E-state index >= 15 is 0 Å². The van der Waals surface area contributed by atoms with Crippen LogP contribution >= 0.6 is 34.5 Å². The highest BCUT2D eigenvalue weighted by atomic mass is 35.5. The summed E-state index contributed by atoms with van der Waals surface area (Å²) in [5, 5.41) is 0. The summed E-state index contributed by atoms with van der Waals surface area (Å²) in [6, 6.07) is 1.34. The molecule has 0 aliphatic carbocycles. The number of ketones is 1. The van der Waals surface area contributed by atoms with Crippen molar-refractivity contribution in [1.29, 1.82) is 0 Å². The van der Waals surface area contributed by atoms with Gasteiger partial charge in [0, 0.05) is 0 Å². The fourth-order valence-electron chi connectivity index (χ4n) is 0.698. The van der Waals surface area contributed by atoms with Crippen molar-refractivity contribution in [3.63, 3.8) is 0 Å². The van der Waals surface area contributed by atoms with Crippen molar-refractivity contribution in [1.82, 2.24) is 0 Å². The van der Waals surface area contributed by atoms with Gasteiger partial charge in [-0.25, -0.2) is 4.79 Å². The zero-order chi connectivity index (χ0) is 10.0. The lowest BCUT2D eigenvalue weighted by Gasteiger charge is -1.94. The number of hydrogen-bond donors (Lipinski definition) is 0. The third kappa shape index (κ3) is 2.21. The summed E-state index contributed by atoms with van der Waals surface area (Å²) >= 11 is 12.3. The van der Waals surface area contributed by atoms with Gasteiger partial charge < -0.3 is 4.74 Å². The first-order valence-corrected chi connectivity index (χ1v) is 4.71. The first-order valence-electron chi connectivity index (χ1n) is 3.13. The molecule has 0 aliphatic rings. The van der Waals surface area contributed by atoms with Crippen molar-refractivity contribution < 1.29 is 14.3 Å². The van der Waals surface area contributed by atoms with Crippen LogP contribution in [-0.2, 0) is 9.53 Å². The number of thiophene rings is 1. The Labute approximate surface area is 88.2 Å². The van der Waals surface area contributed by atoms with Gasteiger partial charge in [0.15, 0.2) is 0 Å². The SMILES string of the molecule is COC(=O)C(=O)c1cc(Cl)sc1Cl. The Hall–Kier alpha value is -0.580. The second kappa shape index (κ2) is 4.09. The van der Waals surface area contributed by atoms with Crippen molar-refractivity contribution in [2.24, 2.45) is 0 Å². The maximum Gasteiger partial charge on any atom is 0.379 e. The van der Waals surface area contributed by atoms with E-state index in [0.29, 0.717) is 4.34 Å². The molecule has 0 saturated carbocycles. The van der Waals surface area contributed by atoms with Crippen LogP contribution in [0.5, 0.6) is 0 Å². The van der Waals surface area contributed by atoms with E-state index in [0.717, 1.165) is 18.4 Å². The highest BCUT2D eigenvalue weighted by Crippen LogP contribution is 2.31. The van der Waals surface area contributed by atoms with Gasteiger partial charge in [0.2, 0.25) is 0 Å². The third-order valence-electron chi connectivity index (χ3n) is 1.27. The smallest absolute Gasteiger partial charge is 0.379 e. The number of Topliss-reactive ketones (excluding diaryl/α,β-unsaturated/α-hetero) is 1. The lowest BCUT2D eigenvalue weighted by molar-refractivity contribution is -0.135. The van der Waals surface area contributed by atoms with Gasteiger partial charge in [-0.1, -0.05) is 23.2 Å². The Morgan fingerprint density at radius 1 is 1.46 bits per heavy atom. The van der Waals surface area contributed by atoms with Gasteiger partial charge in [-0.2, -0.15) is 0 Å². The van der Waals surface area contributed by atoms with Crippen LogP contribution in [0.1, 0.15) is 10.4 Å². The maximum atomic E-state index is 11.2. The van der Waals surface area contributed by atoms with Crippen LogP contribution in [0.4, 0.5) is 0 Å². The number of carbonyl (C=O) groups excluding carboxylic acids is 2. The highest BCUT2D eigenvalue weighted by molar-refractivity contribution is 7.20. The molecule has 0 aromatic carbocycles. The molecule has 0 atom stereocenters. The average Bonchev–Trinajstić information content (AvgIpc) is 2.42. The Kier molecular flexibility index (Phi) is 3.30. The molecule has 6 heteroatoms. The lowest BCUT2D eigenvalue weighted by Crippen LogP contribution is -2.15. The Morgan fingerprint density at radius 2 is 2.08 bits per heavy atom. The zero-order valence-electron chi connectivity index (χ0n) is 6.47. The van der Waals surface area contributed by atoms with E-state index in [4.69, 9.17) is 23.2 Å². The quantitative estimate of drug-likeness (QED) is 0.452. The summed E-state index contributed by atoms with van der Waals surface area (Å²) in [7, 11) is 1.13. The molecule has 13 heavy (non-hydrogen) atoms. The van der Waals surface area contributed by atoms with Gasteiger partial charge >= 0.3 is 5.97 Å². The van der Waals surface area contributed by atoms with E-state index in [9.17, 15) is 9.59 Å². The molecule has 0 amide bonds. The summed E-state index contributed by atoms with van der Waals surface area (Å²) in [6.45, 7) is 0. The molecule has 1 rings (SSSR count). The van der Waals surface area contributed by atoms with E-state index in [1.807, 2.05) is 0 Å². The zero-order valence-corrected chi connectivity index (χ0v) is 8.79. The molecular formula is C7H4Cl2O3S. The molecule has 0 N–H and O–H groups in total. The van der Waals surface area contributed by atoms with E-state index in [1.54, 1.807) is 0 Å². The molecular weight excluding hydrogens is 235 g/mol. The first kappa shape index (κ1) is 10.5. The largest absolute Gasteiger partial charge is 0.463 e. The molecule has 1 aromatic heterocycles. The minimum atomic E-state index is -0.948. The molecule has 0 aliphatic heterocycles. The van der Waals surface area contributed by atoms with Crippen molar-refractivity contribution >= 4 is 46.3 Å². The second-order valence-electron chi connectivity index (χ2n) is 2.06. The van der Waals surface area contributed by atoms with E-state index in [1.165, 1.54) is 6.07 Å². The van der Waals surface area contributed by atoms with Crippen LogP contribution in [-0.4, -0.2) is 18.9 Å². The standard InChI is InChI=1S/C7H4Cl2O3S/c1-12-7(11)5(10)3-2-4(8)13-6(3)9/h2H,1H3. The fraction of sp³-hybridized carbons (Fsp3) is 0.143. The minimum absolute atomic E-state index is 0.0866. The third-order valence-corrected chi connectivity index (χ3v) is 2.76. The molecule has 3 nitrogen and oxygen atoms in total. The Bertz CT molecular complexity index is 359. The van der Waals surface area contributed by atoms with Crippen LogP contribution in [0.25, 0.3) is 0 Å². The van der Waals surface area contributed by atoms with Crippen LogP contribution in [0.2, 0.25) is 8.67 Å². The topological polar surface area (TPSA) is 43.4 Å². The lowest BCUT2D eigenvalue weighted by atomic mass is 10.2. The monoisotopic (exact) mass is 238 g/mol. The van der Waals surface area contributed by atoms with Crippen molar-refractivity contribution in [2.75, 3.05) is 7.11 Å². The van der Waals surface area contributed by atoms with Crippen LogP contribution in [0.15, 0.2) is 6.07 Å². The molecule has 0 fully saturated rings. The molecule has 1 heterocycles. The van der Waals surface area contributed by atoms with Gasteiger partial charge in [0.25, 0.3) is 5.78 Å². The molecule has 0 unspecified atom stereocenters. The Morgan fingerprint density at radius 3 is 2.46 bits per heavy atom. The van der Waals surface area contributed by atoms with Gasteiger partial charge in [-0.05, 0) is 6.07 Å². The number of esters is 1. The molecule has 1 aromatic rings. The van der Waals surface area contributed by atoms with Crippen molar-refractivity contribution in [3.05, 3.63) is 20.3 Å². The summed E-state index contributed by atoms with van der Waals surface area (Å²) in [4.78, 5) is 22.0. The highest BCUT2D eigenvalue weighted by Gasteiger charge is 2.21. The molecule has 0 saturated heterocycles.